The van der Waals surface area contributed by atoms with Crippen molar-refractivity contribution in [1.29, 1.82) is 0 Å². The summed E-state index contributed by atoms with van der Waals surface area (Å²) in [7, 11) is 1.62. The van der Waals surface area contributed by atoms with Gasteiger partial charge in [-0.3, -0.25) is 0 Å². The third-order valence-corrected chi connectivity index (χ3v) is 3.76. The van der Waals surface area contributed by atoms with Crippen LogP contribution in [0.5, 0.6) is 5.75 Å². The van der Waals surface area contributed by atoms with Gasteiger partial charge in [-0.05, 0) is 42.3 Å². The van der Waals surface area contributed by atoms with E-state index in [-0.39, 0.29) is 5.82 Å². The van der Waals surface area contributed by atoms with Crippen molar-refractivity contribution in [2.24, 2.45) is 0 Å². The van der Waals surface area contributed by atoms with Gasteiger partial charge in [-0.1, -0.05) is 33.6 Å². The molecule has 0 bridgehead atoms. The predicted molar refractivity (Wildman–Crippen MR) is 84.2 cm³/mol. The molecule has 0 aliphatic rings. The highest BCUT2D eigenvalue weighted by Crippen LogP contribution is 2.32. The van der Waals surface area contributed by atoms with Gasteiger partial charge in [0, 0.05) is 16.0 Å². The van der Waals surface area contributed by atoms with E-state index >= 15 is 0 Å². The summed E-state index contributed by atoms with van der Waals surface area (Å²) < 4.78 is 19.3. The minimum absolute atomic E-state index is 0.337. The average molecular weight is 359 g/mol. The molecule has 0 aromatic heterocycles. The minimum Gasteiger partial charge on any atom is -0.495 e. The molecular weight excluding hydrogens is 345 g/mol. The molecule has 0 saturated heterocycles. The van der Waals surface area contributed by atoms with E-state index in [2.05, 4.69) is 21.2 Å². The monoisotopic (exact) mass is 357 g/mol. The molecule has 0 atom stereocenters. The molecule has 0 unspecified atom stereocenters. The first-order valence-electron chi connectivity index (χ1n) is 6.03. The molecule has 0 heterocycles. The summed E-state index contributed by atoms with van der Waals surface area (Å²) in [5.41, 5.74) is 2.78. The van der Waals surface area contributed by atoms with E-state index in [9.17, 15) is 4.39 Å². The summed E-state index contributed by atoms with van der Waals surface area (Å²) in [4.78, 5) is 0. The van der Waals surface area contributed by atoms with Crippen molar-refractivity contribution in [1.82, 2.24) is 0 Å². The first-order valence-corrected chi connectivity index (χ1v) is 7.20. The molecule has 0 amide bonds. The van der Waals surface area contributed by atoms with Gasteiger partial charge in [0.25, 0.3) is 0 Å². The molecule has 0 saturated carbocycles. The highest BCUT2D eigenvalue weighted by atomic mass is 79.9. The molecule has 2 nitrogen and oxygen atoms in total. The molecule has 0 aliphatic carbocycles. The van der Waals surface area contributed by atoms with Gasteiger partial charge in [0.15, 0.2) is 0 Å². The smallest absolute Gasteiger partial charge is 0.143 e. The maximum absolute atomic E-state index is 13.0. The van der Waals surface area contributed by atoms with Gasteiger partial charge >= 0.3 is 0 Å². The van der Waals surface area contributed by atoms with E-state index in [1.54, 1.807) is 13.2 Å². The average Bonchev–Trinajstić information content (AvgIpc) is 2.38. The van der Waals surface area contributed by atoms with Crippen LogP contribution in [0.15, 0.2) is 34.8 Å². The van der Waals surface area contributed by atoms with Crippen LogP contribution in [0.25, 0.3) is 0 Å². The number of benzene rings is 2. The van der Waals surface area contributed by atoms with Crippen LogP contribution in [0.2, 0.25) is 5.02 Å². The van der Waals surface area contributed by atoms with Crippen LogP contribution >= 0.6 is 27.5 Å². The normalized spacial score (nSPS) is 10.4. The van der Waals surface area contributed by atoms with Crippen LogP contribution in [0, 0.1) is 12.7 Å². The quantitative estimate of drug-likeness (QED) is 0.814. The Balaban J connectivity index is 2.22. The predicted octanol–water partition coefficient (Wildman–Crippen LogP) is 5.17. The molecule has 2 aromatic rings. The standard InChI is InChI=1S/C15H14BrClFNO/c1-9-5-11(16)6-14(20-2)15(9)19-8-10-3-4-12(18)7-13(10)17/h3-7,19H,8H2,1-2H3. The van der Waals surface area contributed by atoms with Gasteiger partial charge in [-0.25, -0.2) is 4.39 Å². The van der Waals surface area contributed by atoms with Crippen molar-refractivity contribution in [2.45, 2.75) is 13.5 Å². The van der Waals surface area contributed by atoms with Gasteiger partial charge < -0.3 is 10.1 Å². The summed E-state index contributed by atoms with van der Waals surface area (Å²) in [5, 5.41) is 3.69. The highest BCUT2D eigenvalue weighted by molar-refractivity contribution is 9.10. The number of halogens is 3. The number of nitrogens with one attached hydrogen (secondary N) is 1. The third-order valence-electron chi connectivity index (χ3n) is 2.95. The van der Waals surface area contributed by atoms with Crippen LogP contribution in [0.3, 0.4) is 0 Å². The Hall–Kier alpha value is -1.26. The fraction of sp³-hybridized carbons (Fsp3) is 0.200. The number of ether oxygens (including phenoxy) is 1. The van der Waals surface area contributed by atoms with E-state index < -0.39 is 0 Å². The Kier molecular flexibility index (Phi) is 4.89. The van der Waals surface area contributed by atoms with Gasteiger partial charge in [0.1, 0.15) is 11.6 Å². The van der Waals surface area contributed by atoms with E-state index in [4.69, 9.17) is 16.3 Å². The Morgan fingerprint density at radius 2 is 2.05 bits per heavy atom. The molecule has 0 spiro atoms. The van der Waals surface area contributed by atoms with Gasteiger partial charge in [0.2, 0.25) is 0 Å². The van der Waals surface area contributed by atoms with E-state index in [0.29, 0.717) is 11.6 Å². The molecular formula is C15H14BrClFNO. The molecule has 1 N–H and O–H groups in total. The lowest BCUT2D eigenvalue weighted by molar-refractivity contribution is 0.416. The fourth-order valence-electron chi connectivity index (χ4n) is 1.95. The van der Waals surface area contributed by atoms with E-state index in [1.165, 1.54) is 12.1 Å². The van der Waals surface area contributed by atoms with Gasteiger partial charge in [0.05, 0.1) is 12.8 Å². The van der Waals surface area contributed by atoms with Gasteiger partial charge in [-0.15, -0.1) is 0 Å². The number of aryl methyl sites for hydroxylation is 1. The molecule has 20 heavy (non-hydrogen) atoms. The second-order valence-corrected chi connectivity index (χ2v) is 5.71. The Bertz CT molecular complexity index is 634. The zero-order valence-electron chi connectivity index (χ0n) is 11.1. The SMILES string of the molecule is COc1cc(Br)cc(C)c1NCc1ccc(F)cc1Cl. The molecule has 0 radical (unpaired) electrons. The third kappa shape index (κ3) is 3.44. The summed E-state index contributed by atoms with van der Waals surface area (Å²) in [6.07, 6.45) is 0. The van der Waals surface area contributed by atoms with Crippen LogP contribution in [-0.4, -0.2) is 7.11 Å². The second kappa shape index (κ2) is 6.46. The van der Waals surface area contributed by atoms with Crippen molar-refractivity contribution < 1.29 is 9.13 Å². The maximum Gasteiger partial charge on any atom is 0.143 e. The number of methoxy groups -OCH3 is 1. The van der Waals surface area contributed by atoms with Crippen molar-refractivity contribution in [2.75, 3.05) is 12.4 Å². The maximum atomic E-state index is 13.0. The number of hydrogen-bond acceptors (Lipinski definition) is 2. The van der Waals surface area contributed by atoms with Crippen LogP contribution in [0.1, 0.15) is 11.1 Å². The first kappa shape index (κ1) is 15.1. The van der Waals surface area contributed by atoms with Crippen molar-refractivity contribution in [3.63, 3.8) is 0 Å². The molecule has 2 rings (SSSR count). The van der Waals surface area contributed by atoms with E-state index in [1.807, 2.05) is 19.1 Å². The molecule has 0 fully saturated rings. The lowest BCUT2D eigenvalue weighted by Gasteiger charge is -2.15. The van der Waals surface area contributed by atoms with Gasteiger partial charge in [-0.2, -0.15) is 0 Å². The molecule has 2 aromatic carbocycles. The molecule has 5 heteroatoms. The fourth-order valence-corrected chi connectivity index (χ4v) is 2.73. The largest absolute Gasteiger partial charge is 0.495 e. The number of hydrogen-bond donors (Lipinski definition) is 1. The van der Waals surface area contributed by atoms with Crippen molar-refractivity contribution in [3.8, 4) is 5.75 Å². The summed E-state index contributed by atoms with van der Waals surface area (Å²) in [5.74, 6) is 0.409. The summed E-state index contributed by atoms with van der Waals surface area (Å²) >= 11 is 9.45. The zero-order valence-corrected chi connectivity index (χ0v) is 13.5. The number of rotatable bonds is 4. The van der Waals surface area contributed by atoms with E-state index in [0.717, 1.165) is 27.0 Å². The van der Waals surface area contributed by atoms with Crippen LogP contribution in [0.4, 0.5) is 10.1 Å². The summed E-state index contributed by atoms with van der Waals surface area (Å²) in [6.45, 7) is 2.49. The number of anilines is 1. The Morgan fingerprint density at radius 1 is 1.30 bits per heavy atom. The molecule has 106 valence electrons. The highest BCUT2D eigenvalue weighted by Gasteiger charge is 2.09. The minimum atomic E-state index is -0.337. The topological polar surface area (TPSA) is 21.3 Å². The molecule has 0 aliphatic heterocycles. The van der Waals surface area contributed by atoms with Crippen molar-refractivity contribution >= 4 is 33.2 Å². The van der Waals surface area contributed by atoms with Crippen molar-refractivity contribution in [3.05, 3.63) is 56.8 Å². The lowest BCUT2D eigenvalue weighted by atomic mass is 10.1. The zero-order chi connectivity index (χ0) is 14.7. The van der Waals surface area contributed by atoms with Crippen LogP contribution in [-0.2, 0) is 6.54 Å². The first-order chi connectivity index (χ1) is 9.51. The summed E-state index contributed by atoms with van der Waals surface area (Å²) in [6, 6.07) is 8.27. The Morgan fingerprint density at radius 3 is 2.70 bits per heavy atom. The Labute approximate surface area is 131 Å². The second-order valence-electron chi connectivity index (χ2n) is 4.39. The van der Waals surface area contributed by atoms with Crippen LogP contribution < -0.4 is 10.1 Å². The lowest BCUT2D eigenvalue weighted by Crippen LogP contribution is -2.04.